The molecule has 100 valence electrons. The first-order valence-electron chi connectivity index (χ1n) is 6.38. The monoisotopic (exact) mass is 260 g/mol. The van der Waals surface area contributed by atoms with Crippen LogP contribution in [-0.2, 0) is 11.2 Å². The third-order valence-corrected chi connectivity index (χ3v) is 3.76. The van der Waals surface area contributed by atoms with Crippen LogP contribution >= 0.6 is 0 Å². The third kappa shape index (κ3) is 2.33. The van der Waals surface area contributed by atoms with Gasteiger partial charge < -0.3 is 14.4 Å². The lowest BCUT2D eigenvalue weighted by Gasteiger charge is -2.39. The van der Waals surface area contributed by atoms with Crippen molar-refractivity contribution < 1.29 is 14.4 Å². The molecule has 0 aliphatic heterocycles. The summed E-state index contributed by atoms with van der Waals surface area (Å²) in [4.78, 5) is 4.39. The molecule has 0 atom stereocenters. The number of aromatic nitrogens is 2. The van der Waals surface area contributed by atoms with Gasteiger partial charge in [0.25, 0.3) is 0 Å². The van der Waals surface area contributed by atoms with E-state index in [2.05, 4.69) is 10.1 Å². The quantitative estimate of drug-likeness (QED) is 0.915. The summed E-state index contributed by atoms with van der Waals surface area (Å²) in [6.07, 6.45) is 3.93. The molecule has 5 heteroatoms. The van der Waals surface area contributed by atoms with E-state index in [1.807, 2.05) is 0 Å². The molecule has 1 N–H and O–H groups in total. The summed E-state index contributed by atoms with van der Waals surface area (Å²) >= 11 is 0. The minimum Gasteiger partial charge on any atom is -0.508 e. The van der Waals surface area contributed by atoms with Crippen LogP contribution in [0, 0.1) is 0 Å². The minimum absolute atomic E-state index is 0.112. The van der Waals surface area contributed by atoms with Gasteiger partial charge in [-0.05, 0) is 43.5 Å². The lowest BCUT2D eigenvalue weighted by molar-refractivity contribution is -0.0751. The number of phenols is 1. The first kappa shape index (κ1) is 12.2. The van der Waals surface area contributed by atoms with Crippen LogP contribution in [0.25, 0.3) is 11.4 Å². The summed E-state index contributed by atoms with van der Waals surface area (Å²) in [5, 5.41) is 13.2. The van der Waals surface area contributed by atoms with Gasteiger partial charge in [0.1, 0.15) is 5.75 Å². The standard InChI is InChI=1S/C14H16N2O3/c1-18-14(7-2-8-14)9-12-15-13(16-19-12)10-3-5-11(17)6-4-10/h3-6,17H,2,7-9H2,1H3. The van der Waals surface area contributed by atoms with E-state index in [-0.39, 0.29) is 11.4 Å². The fraction of sp³-hybridized carbons (Fsp3) is 0.429. The van der Waals surface area contributed by atoms with Crippen LogP contribution in [0.5, 0.6) is 5.75 Å². The number of hydrogen-bond acceptors (Lipinski definition) is 5. The summed E-state index contributed by atoms with van der Waals surface area (Å²) in [6.45, 7) is 0. The zero-order chi connectivity index (χ0) is 13.3. The lowest BCUT2D eigenvalue weighted by Crippen LogP contribution is -2.41. The van der Waals surface area contributed by atoms with Gasteiger partial charge in [-0.25, -0.2) is 0 Å². The Morgan fingerprint density at radius 2 is 2.05 bits per heavy atom. The van der Waals surface area contributed by atoms with Crippen LogP contribution in [0.4, 0.5) is 0 Å². The Hall–Kier alpha value is -1.88. The van der Waals surface area contributed by atoms with Crippen LogP contribution in [0.15, 0.2) is 28.8 Å². The molecule has 5 nitrogen and oxygen atoms in total. The number of phenolic OH excluding ortho intramolecular Hbond substituents is 1. The van der Waals surface area contributed by atoms with Gasteiger partial charge in [-0.3, -0.25) is 0 Å². The topological polar surface area (TPSA) is 68.4 Å². The molecule has 1 heterocycles. The number of nitrogens with zero attached hydrogens (tertiary/aromatic N) is 2. The van der Waals surface area contributed by atoms with Crippen LogP contribution in [0.3, 0.4) is 0 Å². The molecule has 1 fully saturated rings. The largest absolute Gasteiger partial charge is 0.508 e. The Bertz CT molecular complexity index is 553. The van der Waals surface area contributed by atoms with E-state index in [4.69, 9.17) is 9.26 Å². The first-order chi connectivity index (χ1) is 9.21. The van der Waals surface area contributed by atoms with Gasteiger partial charge in [-0.2, -0.15) is 4.98 Å². The summed E-state index contributed by atoms with van der Waals surface area (Å²) in [5.74, 6) is 1.37. The summed E-state index contributed by atoms with van der Waals surface area (Å²) in [7, 11) is 1.73. The predicted octanol–water partition coefficient (Wildman–Crippen LogP) is 2.55. The molecule has 1 saturated carbocycles. The number of rotatable bonds is 4. The van der Waals surface area contributed by atoms with Gasteiger partial charge in [-0.15, -0.1) is 0 Å². The van der Waals surface area contributed by atoms with Gasteiger partial charge >= 0.3 is 0 Å². The van der Waals surface area contributed by atoms with E-state index in [0.717, 1.165) is 18.4 Å². The SMILES string of the molecule is COC1(Cc2nc(-c3ccc(O)cc3)no2)CCC1. The summed E-state index contributed by atoms with van der Waals surface area (Å²) < 4.78 is 10.8. The van der Waals surface area contributed by atoms with Gasteiger partial charge in [-0.1, -0.05) is 5.16 Å². The van der Waals surface area contributed by atoms with Crippen LogP contribution < -0.4 is 0 Å². The molecule has 0 radical (unpaired) electrons. The molecule has 0 bridgehead atoms. The highest BCUT2D eigenvalue weighted by Gasteiger charge is 2.38. The first-order valence-corrected chi connectivity index (χ1v) is 6.38. The number of ether oxygens (including phenoxy) is 1. The van der Waals surface area contributed by atoms with E-state index in [9.17, 15) is 5.11 Å². The van der Waals surface area contributed by atoms with Gasteiger partial charge in [0.15, 0.2) is 0 Å². The number of hydrogen-bond donors (Lipinski definition) is 1. The molecule has 0 unspecified atom stereocenters. The van der Waals surface area contributed by atoms with Crippen molar-refractivity contribution in [3.63, 3.8) is 0 Å². The second-order valence-corrected chi connectivity index (χ2v) is 4.98. The van der Waals surface area contributed by atoms with Crippen LogP contribution in [0.2, 0.25) is 0 Å². The minimum atomic E-state index is -0.112. The molecule has 0 saturated heterocycles. The number of methoxy groups -OCH3 is 1. The van der Waals surface area contributed by atoms with Crippen molar-refractivity contribution in [3.05, 3.63) is 30.2 Å². The smallest absolute Gasteiger partial charge is 0.229 e. The van der Waals surface area contributed by atoms with Crippen molar-refractivity contribution >= 4 is 0 Å². The van der Waals surface area contributed by atoms with E-state index >= 15 is 0 Å². The maximum absolute atomic E-state index is 9.25. The Balaban J connectivity index is 1.77. The molecule has 0 amide bonds. The Labute approximate surface area is 111 Å². The Morgan fingerprint density at radius 1 is 1.32 bits per heavy atom. The zero-order valence-electron chi connectivity index (χ0n) is 10.8. The van der Waals surface area contributed by atoms with Crippen LogP contribution in [0.1, 0.15) is 25.2 Å². The molecular formula is C14H16N2O3. The molecule has 2 aromatic rings. The van der Waals surface area contributed by atoms with E-state index < -0.39 is 0 Å². The van der Waals surface area contributed by atoms with Gasteiger partial charge in [0.05, 0.1) is 12.0 Å². The second-order valence-electron chi connectivity index (χ2n) is 4.98. The van der Waals surface area contributed by atoms with Gasteiger partial charge in [0, 0.05) is 12.7 Å². The van der Waals surface area contributed by atoms with Crippen molar-refractivity contribution in [2.45, 2.75) is 31.3 Å². The maximum Gasteiger partial charge on any atom is 0.229 e. The van der Waals surface area contributed by atoms with E-state index in [1.165, 1.54) is 6.42 Å². The fourth-order valence-electron chi connectivity index (χ4n) is 2.35. The van der Waals surface area contributed by atoms with Gasteiger partial charge in [0.2, 0.25) is 11.7 Å². The average molecular weight is 260 g/mol. The highest BCUT2D eigenvalue weighted by Crippen LogP contribution is 2.37. The molecule has 19 heavy (non-hydrogen) atoms. The van der Waals surface area contributed by atoms with Crippen molar-refractivity contribution in [1.29, 1.82) is 0 Å². The zero-order valence-corrected chi connectivity index (χ0v) is 10.8. The second kappa shape index (κ2) is 4.66. The highest BCUT2D eigenvalue weighted by atomic mass is 16.5. The lowest BCUT2D eigenvalue weighted by atomic mass is 9.77. The predicted molar refractivity (Wildman–Crippen MR) is 68.7 cm³/mol. The number of benzene rings is 1. The molecular weight excluding hydrogens is 244 g/mol. The van der Waals surface area contributed by atoms with E-state index in [0.29, 0.717) is 18.1 Å². The maximum atomic E-state index is 9.25. The Kier molecular flexibility index (Phi) is 2.98. The molecule has 0 spiro atoms. The Morgan fingerprint density at radius 3 is 2.63 bits per heavy atom. The van der Waals surface area contributed by atoms with E-state index in [1.54, 1.807) is 31.4 Å². The molecule has 3 rings (SSSR count). The van der Waals surface area contributed by atoms with Crippen LogP contribution in [-0.4, -0.2) is 28.0 Å². The van der Waals surface area contributed by atoms with Crippen molar-refractivity contribution in [2.75, 3.05) is 7.11 Å². The summed E-state index contributed by atoms with van der Waals surface area (Å²) in [6, 6.07) is 6.74. The fourth-order valence-corrected chi connectivity index (χ4v) is 2.35. The molecule has 1 aromatic heterocycles. The number of aromatic hydroxyl groups is 1. The third-order valence-electron chi connectivity index (χ3n) is 3.76. The van der Waals surface area contributed by atoms with Crippen molar-refractivity contribution in [2.24, 2.45) is 0 Å². The molecule has 1 aromatic carbocycles. The van der Waals surface area contributed by atoms with Crippen molar-refractivity contribution in [3.8, 4) is 17.1 Å². The summed E-state index contributed by atoms with van der Waals surface area (Å²) in [5.41, 5.74) is 0.714. The highest BCUT2D eigenvalue weighted by molar-refractivity contribution is 5.55. The molecule has 1 aliphatic carbocycles. The molecule has 1 aliphatic rings. The normalized spacial score (nSPS) is 17.1. The average Bonchev–Trinajstić information content (AvgIpc) is 2.83. The van der Waals surface area contributed by atoms with Crippen molar-refractivity contribution in [1.82, 2.24) is 10.1 Å².